The van der Waals surface area contributed by atoms with Crippen LogP contribution in [0.25, 0.3) is 16.9 Å². The molecule has 0 unspecified atom stereocenters. The van der Waals surface area contributed by atoms with Crippen LogP contribution in [0.1, 0.15) is 16.7 Å². The summed E-state index contributed by atoms with van der Waals surface area (Å²) in [6, 6.07) is 34.6. The molecule has 200 valence electrons. The van der Waals surface area contributed by atoms with Gasteiger partial charge >= 0.3 is 0 Å². The first kappa shape index (κ1) is 26.9. The summed E-state index contributed by atoms with van der Waals surface area (Å²) in [5, 5.41) is 3.59. The number of anilines is 1. The number of aryl methyl sites for hydroxylation is 1. The van der Waals surface area contributed by atoms with E-state index in [0.29, 0.717) is 23.2 Å². The molecule has 0 fully saturated rings. The molecule has 0 spiro atoms. The minimum atomic E-state index is -0.334. The zero-order chi connectivity index (χ0) is 27.9. The van der Waals surface area contributed by atoms with Crippen molar-refractivity contribution in [2.45, 2.75) is 19.9 Å². The maximum absolute atomic E-state index is 13.4. The number of hydrogen-bond acceptors (Lipinski definition) is 3. The van der Waals surface area contributed by atoms with Crippen molar-refractivity contribution in [2.24, 2.45) is 0 Å². The number of carbonyl (C=O) groups is 2. The van der Waals surface area contributed by atoms with Crippen LogP contribution in [0.2, 0.25) is 5.02 Å². The molecule has 0 saturated carbocycles. The van der Waals surface area contributed by atoms with E-state index in [1.165, 1.54) is 0 Å². The van der Waals surface area contributed by atoms with E-state index in [0.717, 1.165) is 27.9 Å². The average Bonchev–Trinajstić information content (AvgIpc) is 3.38. The number of halogens is 1. The molecule has 5 rings (SSSR count). The van der Waals surface area contributed by atoms with E-state index < -0.39 is 0 Å². The lowest BCUT2D eigenvalue weighted by Gasteiger charge is -2.22. The highest BCUT2D eigenvalue weighted by atomic mass is 35.5. The van der Waals surface area contributed by atoms with E-state index in [1.54, 1.807) is 17.0 Å². The average molecular weight is 549 g/mol. The molecular weight excluding hydrogens is 520 g/mol. The highest BCUT2D eigenvalue weighted by Gasteiger charge is 2.20. The summed E-state index contributed by atoms with van der Waals surface area (Å²) in [5.41, 5.74) is 5.38. The normalized spacial score (nSPS) is 10.8. The lowest BCUT2D eigenvalue weighted by molar-refractivity contribution is -0.134. The van der Waals surface area contributed by atoms with Crippen molar-refractivity contribution in [1.29, 1.82) is 0 Å². The molecule has 0 bridgehead atoms. The first-order valence-electron chi connectivity index (χ1n) is 13.0. The number of benzene rings is 4. The van der Waals surface area contributed by atoms with E-state index in [9.17, 15) is 9.59 Å². The number of amides is 2. The van der Waals surface area contributed by atoms with Crippen molar-refractivity contribution in [3.8, 4) is 16.9 Å². The van der Waals surface area contributed by atoms with E-state index in [2.05, 4.69) is 5.32 Å². The van der Waals surface area contributed by atoms with Crippen molar-refractivity contribution < 1.29 is 9.59 Å². The summed E-state index contributed by atoms with van der Waals surface area (Å²) in [6.07, 6.45) is 2.09. The standard InChI is InChI=1S/C33H29ClN4O2/c1-24-12-18-29(19-13-24)38-22-30(27-14-16-28(34)17-15-27)35-33(38)36-31(39)23-37(21-26-10-6-3-7-11-26)32(40)20-25-8-4-2-5-9-25/h2-19,22H,20-21,23H2,1H3,(H,35,36,39). The molecule has 2 amide bonds. The number of aromatic nitrogens is 2. The summed E-state index contributed by atoms with van der Waals surface area (Å²) in [6.45, 7) is 2.23. The monoisotopic (exact) mass is 548 g/mol. The fraction of sp³-hybridized carbons (Fsp3) is 0.121. The van der Waals surface area contributed by atoms with Gasteiger partial charge in [-0.05, 0) is 42.3 Å². The van der Waals surface area contributed by atoms with Crippen molar-refractivity contribution in [3.05, 3.63) is 137 Å². The largest absolute Gasteiger partial charge is 0.329 e. The quantitative estimate of drug-likeness (QED) is 0.222. The van der Waals surface area contributed by atoms with Crippen LogP contribution in [0, 0.1) is 6.92 Å². The lowest BCUT2D eigenvalue weighted by Crippen LogP contribution is -2.38. The van der Waals surface area contributed by atoms with Gasteiger partial charge in [-0.25, -0.2) is 4.98 Å². The van der Waals surface area contributed by atoms with Gasteiger partial charge in [0.05, 0.1) is 12.1 Å². The molecule has 4 aromatic carbocycles. The number of imidazole rings is 1. The predicted molar refractivity (Wildman–Crippen MR) is 159 cm³/mol. The van der Waals surface area contributed by atoms with Gasteiger partial charge < -0.3 is 4.90 Å². The zero-order valence-corrected chi connectivity index (χ0v) is 22.9. The minimum absolute atomic E-state index is 0.113. The van der Waals surface area contributed by atoms with E-state index in [1.807, 2.05) is 115 Å². The SMILES string of the molecule is Cc1ccc(-n2cc(-c3ccc(Cl)cc3)nc2NC(=O)CN(Cc2ccccc2)C(=O)Cc2ccccc2)cc1. The second-order valence-corrected chi connectivity index (χ2v) is 10.0. The molecule has 1 aromatic heterocycles. The molecule has 0 aliphatic heterocycles. The first-order valence-corrected chi connectivity index (χ1v) is 13.4. The van der Waals surface area contributed by atoms with Gasteiger partial charge in [0, 0.05) is 29.0 Å². The van der Waals surface area contributed by atoms with Gasteiger partial charge in [0.2, 0.25) is 17.8 Å². The number of rotatable bonds is 9. The molecule has 6 nitrogen and oxygen atoms in total. The second-order valence-electron chi connectivity index (χ2n) is 9.61. The van der Waals surface area contributed by atoms with Crippen molar-refractivity contribution in [1.82, 2.24) is 14.5 Å². The number of nitrogens with one attached hydrogen (secondary N) is 1. The number of hydrogen-bond donors (Lipinski definition) is 1. The molecule has 0 radical (unpaired) electrons. The van der Waals surface area contributed by atoms with Gasteiger partial charge in [-0.1, -0.05) is 102 Å². The summed E-state index contributed by atoms with van der Waals surface area (Å²) in [5.74, 6) is -0.0955. The summed E-state index contributed by atoms with van der Waals surface area (Å²) in [7, 11) is 0. The van der Waals surface area contributed by atoms with Gasteiger partial charge in [0.25, 0.3) is 0 Å². The fourth-order valence-corrected chi connectivity index (χ4v) is 4.51. The van der Waals surface area contributed by atoms with Crippen LogP contribution in [-0.4, -0.2) is 32.8 Å². The van der Waals surface area contributed by atoms with Crippen LogP contribution in [-0.2, 0) is 22.6 Å². The Labute approximate surface area is 238 Å². The van der Waals surface area contributed by atoms with Crippen molar-refractivity contribution >= 4 is 29.4 Å². The Balaban J connectivity index is 1.40. The van der Waals surface area contributed by atoms with Gasteiger partial charge in [-0.15, -0.1) is 0 Å². The predicted octanol–water partition coefficient (Wildman–Crippen LogP) is 6.71. The third-order valence-electron chi connectivity index (χ3n) is 6.51. The van der Waals surface area contributed by atoms with Gasteiger partial charge in [0.1, 0.15) is 6.54 Å². The molecule has 0 aliphatic rings. The zero-order valence-electron chi connectivity index (χ0n) is 22.1. The summed E-state index contributed by atoms with van der Waals surface area (Å²) >= 11 is 6.08. The Morgan fingerprint density at radius 1 is 0.825 bits per heavy atom. The Morgan fingerprint density at radius 2 is 1.45 bits per heavy atom. The minimum Gasteiger partial charge on any atom is -0.329 e. The highest BCUT2D eigenvalue weighted by Crippen LogP contribution is 2.26. The van der Waals surface area contributed by atoms with Gasteiger partial charge in [-0.2, -0.15) is 0 Å². The third kappa shape index (κ3) is 6.84. The Morgan fingerprint density at radius 3 is 2.10 bits per heavy atom. The molecule has 0 atom stereocenters. The molecule has 5 aromatic rings. The Hall–Kier alpha value is -4.68. The third-order valence-corrected chi connectivity index (χ3v) is 6.76. The lowest BCUT2D eigenvalue weighted by atomic mass is 10.1. The molecule has 0 aliphatic carbocycles. The second kappa shape index (κ2) is 12.5. The summed E-state index contributed by atoms with van der Waals surface area (Å²) in [4.78, 5) is 33.1. The van der Waals surface area contributed by atoms with E-state index >= 15 is 0 Å². The topological polar surface area (TPSA) is 67.2 Å². The Bertz CT molecular complexity index is 1580. The molecule has 1 heterocycles. The maximum atomic E-state index is 13.4. The van der Waals surface area contributed by atoms with Crippen LogP contribution >= 0.6 is 11.6 Å². The fourth-order valence-electron chi connectivity index (χ4n) is 4.39. The smallest absolute Gasteiger partial charge is 0.246 e. The van der Waals surface area contributed by atoms with Crippen LogP contribution in [0.4, 0.5) is 5.95 Å². The molecule has 0 saturated heterocycles. The van der Waals surface area contributed by atoms with Gasteiger partial charge in [0.15, 0.2) is 0 Å². The summed E-state index contributed by atoms with van der Waals surface area (Å²) < 4.78 is 1.84. The van der Waals surface area contributed by atoms with Crippen LogP contribution in [0.3, 0.4) is 0 Å². The van der Waals surface area contributed by atoms with E-state index in [4.69, 9.17) is 16.6 Å². The highest BCUT2D eigenvalue weighted by molar-refractivity contribution is 6.30. The molecular formula is C33H29ClN4O2. The molecule has 7 heteroatoms. The van der Waals surface area contributed by atoms with Crippen molar-refractivity contribution in [2.75, 3.05) is 11.9 Å². The number of carbonyl (C=O) groups excluding carboxylic acids is 2. The van der Waals surface area contributed by atoms with E-state index in [-0.39, 0.29) is 24.8 Å². The maximum Gasteiger partial charge on any atom is 0.246 e. The first-order chi connectivity index (χ1) is 19.4. The van der Waals surface area contributed by atoms with Crippen LogP contribution < -0.4 is 5.32 Å². The van der Waals surface area contributed by atoms with Crippen LogP contribution in [0.5, 0.6) is 0 Å². The van der Waals surface area contributed by atoms with Crippen LogP contribution in [0.15, 0.2) is 115 Å². The molecule has 40 heavy (non-hydrogen) atoms. The molecule has 1 N–H and O–H groups in total. The Kier molecular flexibility index (Phi) is 8.38. The number of nitrogens with zero attached hydrogens (tertiary/aromatic N) is 3. The van der Waals surface area contributed by atoms with Gasteiger partial charge in [-0.3, -0.25) is 19.5 Å². The van der Waals surface area contributed by atoms with Crippen molar-refractivity contribution in [3.63, 3.8) is 0 Å².